The van der Waals surface area contributed by atoms with Gasteiger partial charge in [-0.25, -0.2) is 0 Å². The molecule has 3 heteroatoms. The molecule has 100 valence electrons. The molecule has 0 aliphatic carbocycles. The average molecular weight is 249 g/mol. The summed E-state index contributed by atoms with van der Waals surface area (Å²) in [5.41, 5.74) is 2.43. The quantitative estimate of drug-likeness (QED) is 0.887. The van der Waals surface area contributed by atoms with E-state index in [4.69, 9.17) is 0 Å². The van der Waals surface area contributed by atoms with Gasteiger partial charge in [-0.3, -0.25) is 4.79 Å². The Balaban J connectivity index is 2.65. The molecular formula is C15H23NO2. The van der Waals surface area contributed by atoms with Crippen LogP contribution in [-0.2, 0) is 11.2 Å². The van der Waals surface area contributed by atoms with Gasteiger partial charge in [-0.05, 0) is 45.2 Å². The van der Waals surface area contributed by atoms with Gasteiger partial charge in [0, 0.05) is 13.6 Å². The highest BCUT2D eigenvalue weighted by Crippen LogP contribution is 2.13. The predicted octanol–water partition coefficient (Wildman–Crippen LogP) is 2.08. The first kappa shape index (κ1) is 14.7. The van der Waals surface area contributed by atoms with E-state index in [1.165, 1.54) is 30.5 Å². The van der Waals surface area contributed by atoms with Gasteiger partial charge < -0.3 is 10.0 Å². The monoisotopic (exact) mass is 249 g/mol. The lowest BCUT2D eigenvalue weighted by Gasteiger charge is -2.25. The molecule has 0 saturated heterocycles. The third kappa shape index (κ3) is 3.84. The highest BCUT2D eigenvalue weighted by molar-refractivity contribution is 5.83. The Morgan fingerprint density at radius 2 is 1.94 bits per heavy atom. The van der Waals surface area contributed by atoms with Gasteiger partial charge in [-0.15, -0.1) is 0 Å². The molecule has 1 aromatic rings. The lowest BCUT2D eigenvalue weighted by atomic mass is 10.0. The summed E-state index contributed by atoms with van der Waals surface area (Å²) in [7, 11) is 1.73. The number of hydrogen-bond acceptors (Lipinski definition) is 2. The van der Waals surface area contributed by atoms with Crippen LogP contribution in [0.4, 0.5) is 0 Å². The highest BCUT2D eigenvalue weighted by atomic mass is 16.3. The van der Waals surface area contributed by atoms with Gasteiger partial charge >= 0.3 is 0 Å². The molecule has 0 radical (unpaired) electrons. The lowest BCUT2D eigenvalue weighted by Crippen LogP contribution is -2.43. The van der Waals surface area contributed by atoms with E-state index in [9.17, 15) is 9.90 Å². The molecule has 0 saturated carbocycles. The fourth-order valence-electron chi connectivity index (χ4n) is 1.93. The molecule has 1 rings (SSSR count). The van der Waals surface area contributed by atoms with E-state index in [0.717, 1.165) is 6.42 Å². The smallest absolute Gasteiger partial charge is 0.253 e. The van der Waals surface area contributed by atoms with Crippen LogP contribution in [0.3, 0.4) is 0 Å². The van der Waals surface area contributed by atoms with E-state index >= 15 is 0 Å². The molecule has 0 bridgehead atoms. The normalized spacial score (nSPS) is 11.4. The van der Waals surface area contributed by atoms with Gasteiger partial charge in [-0.1, -0.05) is 23.8 Å². The van der Waals surface area contributed by atoms with E-state index in [0.29, 0.717) is 6.54 Å². The van der Waals surface area contributed by atoms with Crippen molar-refractivity contribution in [1.29, 1.82) is 0 Å². The number of likely N-dealkylation sites (N-methyl/N-ethyl adjacent to an activating group) is 1. The van der Waals surface area contributed by atoms with Gasteiger partial charge in [0.15, 0.2) is 0 Å². The largest absolute Gasteiger partial charge is 0.381 e. The summed E-state index contributed by atoms with van der Waals surface area (Å²) in [4.78, 5) is 13.4. The van der Waals surface area contributed by atoms with Crippen LogP contribution in [-0.4, -0.2) is 35.1 Å². The van der Waals surface area contributed by atoms with Crippen molar-refractivity contribution in [3.05, 3.63) is 34.9 Å². The fourth-order valence-corrected chi connectivity index (χ4v) is 1.93. The van der Waals surface area contributed by atoms with Crippen molar-refractivity contribution in [2.24, 2.45) is 0 Å². The lowest BCUT2D eigenvalue weighted by molar-refractivity contribution is -0.146. The maximum Gasteiger partial charge on any atom is 0.253 e. The summed E-state index contributed by atoms with van der Waals surface area (Å²) in [5, 5.41) is 9.66. The summed E-state index contributed by atoms with van der Waals surface area (Å²) < 4.78 is 0. The second-order valence-electron chi connectivity index (χ2n) is 5.47. The molecule has 0 spiro atoms. The van der Waals surface area contributed by atoms with E-state index in [1.807, 2.05) is 0 Å². The summed E-state index contributed by atoms with van der Waals surface area (Å²) in [6.45, 7) is 7.79. The molecule has 0 unspecified atom stereocenters. The average Bonchev–Trinajstić information content (AvgIpc) is 2.27. The molecule has 18 heavy (non-hydrogen) atoms. The first-order chi connectivity index (χ1) is 8.21. The van der Waals surface area contributed by atoms with Gasteiger partial charge in [-0.2, -0.15) is 0 Å². The van der Waals surface area contributed by atoms with Gasteiger partial charge in [0.1, 0.15) is 5.60 Å². The number of rotatable bonds is 4. The zero-order chi connectivity index (χ0) is 13.9. The number of carbonyl (C=O) groups excluding carboxylic acids is 1. The van der Waals surface area contributed by atoms with E-state index in [2.05, 4.69) is 32.0 Å². The van der Waals surface area contributed by atoms with Crippen LogP contribution in [0.5, 0.6) is 0 Å². The third-order valence-electron chi connectivity index (χ3n) is 3.09. The second kappa shape index (κ2) is 5.53. The first-order valence-corrected chi connectivity index (χ1v) is 6.26. The molecule has 0 fully saturated rings. The summed E-state index contributed by atoms with van der Waals surface area (Å²) in [6.07, 6.45) is 0.811. The van der Waals surface area contributed by atoms with Crippen LogP contribution in [0, 0.1) is 13.8 Å². The molecule has 0 aromatic heterocycles. The number of hydrogen-bond donors (Lipinski definition) is 1. The van der Waals surface area contributed by atoms with Gasteiger partial charge in [0.2, 0.25) is 0 Å². The first-order valence-electron chi connectivity index (χ1n) is 6.26. The zero-order valence-corrected chi connectivity index (χ0v) is 11.9. The third-order valence-corrected chi connectivity index (χ3v) is 3.09. The molecule has 3 nitrogen and oxygen atoms in total. The molecule has 0 heterocycles. The standard InChI is InChI=1S/C15H23NO2/c1-11-6-7-12(2)13(10-11)8-9-16(5)14(17)15(3,4)18/h6-7,10,18H,8-9H2,1-5H3. The van der Waals surface area contributed by atoms with Crippen molar-refractivity contribution in [2.75, 3.05) is 13.6 Å². The Bertz CT molecular complexity index is 433. The van der Waals surface area contributed by atoms with Crippen LogP contribution < -0.4 is 0 Å². The van der Waals surface area contributed by atoms with Crippen LogP contribution >= 0.6 is 0 Å². The number of nitrogens with zero attached hydrogens (tertiary/aromatic N) is 1. The molecular weight excluding hydrogens is 226 g/mol. The van der Waals surface area contributed by atoms with Crippen LogP contribution in [0.25, 0.3) is 0 Å². The van der Waals surface area contributed by atoms with Crippen LogP contribution in [0.15, 0.2) is 18.2 Å². The fraction of sp³-hybridized carbons (Fsp3) is 0.533. The Kier molecular flexibility index (Phi) is 4.52. The Morgan fingerprint density at radius 3 is 2.50 bits per heavy atom. The van der Waals surface area contributed by atoms with E-state index in [1.54, 1.807) is 11.9 Å². The maximum atomic E-state index is 11.8. The minimum absolute atomic E-state index is 0.243. The van der Waals surface area contributed by atoms with Crippen molar-refractivity contribution in [2.45, 2.75) is 39.7 Å². The van der Waals surface area contributed by atoms with E-state index in [-0.39, 0.29) is 5.91 Å². The van der Waals surface area contributed by atoms with Gasteiger partial charge in [0.05, 0.1) is 0 Å². The number of aliphatic hydroxyl groups is 1. The molecule has 1 aromatic carbocycles. The maximum absolute atomic E-state index is 11.8. The Morgan fingerprint density at radius 1 is 1.33 bits per heavy atom. The van der Waals surface area contributed by atoms with Crippen molar-refractivity contribution in [3.63, 3.8) is 0 Å². The summed E-state index contributed by atoms with van der Waals surface area (Å²) in [6, 6.07) is 6.34. The number of benzene rings is 1. The van der Waals surface area contributed by atoms with Crippen molar-refractivity contribution < 1.29 is 9.90 Å². The number of carbonyl (C=O) groups is 1. The van der Waals surface area contributed by atoms with Crippen LogP contribution in [0.1, 0.15) is 30.5 Å². The minimum atomic E-state index is -1.30. The van der Waals surface area contributed by atoms with Crippen molar-refractivity contribution >= 4 is 5.91 Å². The van der Waals surface area contributed by atoms with Crippen molar-refractivity contribution in [3.8, 4) is 0 Å². The molecule has 0 aliphatic heterocycles. The molecule has 1 N–H and O–H groups in total. The van der Waals surface area contributed by atoms with Gasteiger partial charge in [0.25, 0.3) is 5.91 Å². The summed E-state index contributed by atoms with van der Waals surface area (Å²) in [5.74, 6) is -0.243. The Labute approximate surface area is 109 Å². The second-order valence-corrected chi connectivity index (χ2v) is 5.47. The molecule has 1 amide bonds. The SMILES string of the molecule is Cc1ccc(C)c(CCN(C)C(=O)C(C)(C)O)c1. The van der Waals surface area contributed by atoms with Crippen LogP contribution in [0.2, 0.25) is 0 Å². The van der Waals surface area contributed by atoms with Crippen molar-refractivity contribution in [1.82, 2.24) is 4.90 Å². The molecule has 0 aliphatic rings. The minimum Gasteiger partial charge on any atom is -0.381 e. The highest BCUT2D eigenvalue weighted by Gasteiger charge is 2.26. The topological polar surface area (TPSA) is 40.5 Å². The predicted molar refractivity (Wildman–Crippen MR) is 73.6 cm³/mol. The number of aryl methyl sites for hydroxylation is 2. The number of amides is 1. The summed E-state index contributed by atoms with van der Waals surface area (Å²) >= 11 is 0. The zero-order valence-electron chi connectivity index (χ0n) is 11.9. The van der Waals surface area contributed by atoms with E-state index < -0.39 is 5.60 Å². The molecule has 0 atom stereocenters. The Hall–Kier alpha value is -1.35.